The number of aliphatic hydroxyl groups excluding tert-OH is 6. The van der Waals surface area contributed by atoms with Crippen molar-refractivity contribution < 1.29 is 40.2 Å². The number of rotatable bonds is 14. The molecule has 10 atom stereocenters. The third-order valence-corrected chi connectivity index (χ3v) is 14.6. The molecule has 9 rings (SSSR count). The average molecular weight is 921 g/mol. The van der Waals surface area contributed by atoms with Gasteiger partial charge in [0.25, 0.3) is 0 Å². The Morgan fingerprint density at radius 1 is 0.606 bits per heavy atom. The summed E-state index contributed by atoms with van der Waals surface area (Å²) in [6.07, 6.45) is 3.68. The lowest BCUT2D eigenvalue weighted by Gasteiger charge is -2.31. The lowest BCUT2D eigenvalue weighted by atomic mass is 9.91. The van der Waals surface area contributed by atoms with Crippen LogP contribution in [-0.4, -0.2) is 220 Å². The Kier molecular flexibility index (Phi) is 13.2. The van der Waals surface area contributed by atoms with Crippen LogP contribution in [0.15, 0.2) is 12.7 Å². The van der Waals surface area contributed by atoms with Crippen LogP contribution in [0.4, 0.5) is 23.5 Å². The molecule has 5 aliphatic rings. The zero-order valence-electron chi connectivity index (χ0n) is 37.8. The van der Waals surface area contributed by atoms with Crippen LogP contribution in [0.2, 0.25) is 0 Å². The molecular weight excluding hydrogens is 857 g/mol. The summed E-state index contributed by atoms with van der Waals surface area (Å²) in [5, 5.41) is 75.4. The number of hydrogen-bond donors (Lipinski definition) is 10. The molecule has 2 aliphatic heterocycles. The molecule has 2 amide bonds. The number of imidazole rings is 2. The van der Waals surface area contributed by atoms with Gasteiger partial charge < -0.3 is 80.6 Å². The topological polar surface area (TPSA) is 304 Å². The van der Waals surface area contributed by atoms with E-state index in [1.807, 2.05) is 0 Å². The van der Waals surface area contributed by atoms with Crippen LogP contribution in [0.25, 0.3) is 22.3 Å². The van der Waals surface area contributed by atoms with Crippen molar-refractivity contribution in [3.05, 3.63) is 12.7 Å². The van der Waals surface area contributed by atoms with Crippen molar-refractivity contribution in [1.82, 2.24) is 59.5 Å². The molecule has 10 N–H and O–H groups in total. The first-order valence-electron chi connectivity index (χ1n) is 23.1. The molecule has 0 radical (unpaired) electrons. The maximum atomic E-state index is 12.0. The molecule has 3 saturated carbocycles. The van der Waals surface area contributed by atoms with Gasteiger partial charge in [0.1, 0.15) is 37.6 Å². The molecule has 0 bridgehead atoms. The van der Waals surface area contributed by atoms with E-state index >= 15 is 0 Å². The van der Waals surface area contributed by atoms with Gasteiger partial charge in [0.2, 0.25) is 23.7 Å². The van der Waals surface area contributed by atoms with E-state index < -0.39 is 73.6 Å². The smallest absolute Gasteiger partial charge is 0.246 e. The predicted octanol–water partition coefficient (Wildman–Crippen LogP) is -2.63. The number of likely N-dealkylation sites (N-methyl/N-ethyl adjacent to an activating group) is 2. The van der Waals surface area contributed by atoms with Crippen LogP contribution in [0, 0.1) is 0 Å². The highest BCUT2D eigenvalue weighted by Gasteiger charge is 2.45. The standard InChI is InChI=1S/C42H64N16O8/c1-53(2)23-9-11-55(15-23)41-49-37(31-39(51-41)57(19-43-31)27-13-25(33(63)35(27)65)47-29(61)17-59)45-21-5-7-22(8-6-21)46-38-32-40(52-42(50-38)56-12-10-24(16-56)54(3)4)58(20-44-32)28-14-26(34(64)36(28)66)48-30(62)18-60/h19-28,33-36,59-60,63-66H,5-18H2,1-4H3,(H,47,61)(H,48,62)(H,45,49,51)(H,46,50,52)/t21-,22-,23-,24-,25+,26+,27-,28-,33-,34-,35+,36+/m1/s1. The summed E-state index contributed by atoms with van der Waals surface area (Å²) in [5.74, 6) is 0.943. The second-order valence-corrected chi connectivity index (χ2v) is 19.2. The van der Waals surface area contributed by atoms with Gasteiger partial charge in [-0.05, 0) is 79.6 Å². The second kappa shape index (κ2) is 18.9. The summed E-state index contributed by atoms with van der Waals surface area (Å²) in [7, 11) is 8.24. The van der Waals surface area contributed by atoms with Crippen LogP contribution in [0.5, 0.6) is 0 Å². The third-order valence-electron chi connectivity index (χ3n) is 14.6. The molecule has 4 aromatic rings. The zero-order valence-corrected chi connectivity index (χ0v) is 37.8. The summed E-state index contributed by atoms with van der Waals surface area (Å²) in [5.41, 5.74) is 2.05. The van der Waals surface area contributed by atoms with Gasteiger partial charge in [-0.15, -0.1) is 0 Å². The number of aliphatic hydroxyl groups is 6. The van der Waals surface area contributed by atoms with E-state index in [9.17, 15) is 40.2 Å². The molecule has 24 heteroatoms. The van der Waals surface area contributed by atoms with Gasteiger partial charge >= 0.3 is 0 Å². The Bertz CT molecular complexity index is 2210. The monoisotopic (exact) mass is 921 g/mol. The molecule has 0 unspecified atom stereocenters. The number of fused-ring (bicyclic) bond motifs is 2. The van der Waals surface area contributed by atoms with E-state index in [4.69, 9.17) is 29.9 Å². The summed E-state index contributed by atoms with van der Waals surface area (Å²) < 4.78 is 3.52. The largest absolute Gasteiger partial charge is 0.388 e. The Labute approximate surface area is 381 Å². The predicted molar refractivity (Wildman–Crippen MR) is 242 cm³/mol. The molecule has 66 heavy (non-hydrogen) atoms. The van der Waals surface area contributed by atoms with Crippen LogP contribution in [0.1, 0.15) is 63.5 Å². The molecule has 3 aliphatic carbocycles. The summed E-state index contributed by atoms with van der Waals surface area (Å²) in [6.45, 7) is 1.54. The van der Waals surface area contributed by atoms with Crippen LogP contribution < -0.4 is 31.1 Å². The molecule has 360 valence electrons. The van der Waals surface area contributed by atoms with E-state index in [1.165, 1.54) is 0 Å². The third kappa shape index (κ3) is 8.91. The number of aromatic nitrogens is 8. The highest BCUT2D eigenvalue weighted by atomic mass is 16.3. The van der Waals surface area contributed by atoms with Crippen LogP contribution in [0.3, 0.4) is 0 Å². The van der Waals surface area contributed by atoms with Crippen molar-refractivity contribution in [3.63, 3.8) is 0 Å². The lowest BCUT2D eigenvalue weighted by Crippen LogP contribution is -2.44. The summed E-state index contributed by atoms with van der Waals surface area (Å²) in [6, 6.07) is -2.12. The van der Waals surface area contributed by atoms with E-state index in [2.05, 4.69) is 69.1 Å². The summed E-state index contributed by atoms with van der Waals surface area (Å²) >= 11 is 0. The second-order valence-electron chi connectivity index (χ2n) is 19.2. The fraction of sp³-hybridized carbons (Fsp3) is 0.714. The van der Waals surface area contributed by atoms with E-state index in [1.54, 1.807) is 21.8 Å². The Morgan fingerprint density at radius 3 is 1.35 bits per heavy atom. The van der Waals surface area contributed by atoms with Gasteiger partial charge in [0, 0.05) is 50.3 Å². The summed E-state index contributed by atoms with van der Waals surface area (Å²) in [4.78, 5) is 62.4. The minimum Gasteiger partial charge on any atom is -0.388 e. The number of nitrogens with one attached hydrogen (secondary N) is 4. The normalized spacial score (nSPS) is 31.5. The molecule has 24 nitrogen and oxygen atoms in total. The molecule has 2 saturated heterocycles. The number of anilines is 4. The zero-order chi connectivity index (χ0) is 46.6. The van der Waals surface area contributed by atoms with Gasteiger partial charge in [-0.3, -0.25) is 9.59 Å². The molecule has 6 heterocycles. The van der Waals surface area contributed by atoms with Gasteiger partial charge in [-0.1, -0.05) is 0 Å². The fourth-order valence-corrected chi connectivity index (χ4v) is 10.6. The first kappa shape index (κ1) is 46.0. The van der Waals surface area contributed by atoms with Gasteiger partial charge in [0.15, 0.2) is 34.0 Å². The lowest BCUT2D eigenvalue weighted by molar-refractivity contribution is -0.126. The molecule has 4 aromatic heterocycles. The Morgan fingerprint density at radius 2 is 1.00 bits per heavy atom. The van der Waals surface area contributed by atoms with Gasteiger partial charge in [0.05, 0.1) is 36.8 Å². The number of nitrogens with zero attached hydrogens (tertiary/aromatic N) is 12. The molecule has 0 aromatic carbocycles. The van der Waals surface area contributed by atoms with Crippen molar-refractivity contribution in [3.8, 4) is 0 Å². The average Bonchev–Trinajstić information content (AvgIpc) is 4.18. The van der Waals surface area contributed by atoms with E-state index in [0.717, 1.165) is 64.7 Å². The first-order valence-corrected chi connectivity index (χ1v) is 23.1. The Hall–Kier alpha value is -5.08. The Balaban J connectivity index is 0.953. The van der Waals surface area contributed by atoms with E-state index in [0.29, 0.717) is 57.9 Å². The number of carbonyl (C=O) groups excluding carboxylic acids is 2. The maximum Gasteiger partial charge on any atom is 0.246 e. The van der Waals surface area contributed by atoms with Crippen LogP contribution >= 0.6 is 0 Å². The minimum atomic E-state index is -1.25. The minimum absolute atomic E-state index is 0.0338. The molecule has 5 fully saturated rings. The quantitative estimate of drug-likeness (QED) is 0.0619. The van der Waals surface area contributed by atoms with Gasteiger partial charge in [-0.25, -0.2) is 9.97 Å². The number of hydrogen-bond acceptors (Lipinski definition) is 20. The highest BCUT2D eigenvalue weighted by molar-refractivity contribution is 5.86. The molecular formula is C42H64N16O8. The number of amides is 2. The van der Waals surface area contributed by atoms with Crippen molar-refractivity contribution in [1.29, 1.82) is 0 Å². The maximum absolute atomic E-state index is 12.0. The van der Waals surface area contributed by atoms with Crippen molar-refractivity contribution in [2.45, 2.75) is 124 Å². The first-order chi connectivity index (χ1) is 31.7. The van der Waals surface area contributed by atoms with Crippen molar-refractivity contribution >= 4 is 57.7 Å². The highest BCUT2D eigenvalue weighted by Crippen LogP contribution is 2.38. The fourth-order valence-electron chi connectivity index (χ4n) is 10.6. The van der Waals surface area contributed by atoms with Crippen molar-refractivity contribution in [2.24, 2.45) is 0 Å². The van der Waals surface area contributed by atoms with Gasteiger partial charge in [-0.2, -0.15) is 19.9 Å². The number of carbonyl (C=O) groups is 2. The van der Waals surface area contributed by atoms with Crippen LogP contribution in [-0.2, 0) is 9.59 Å². The van der Waals surface area contributed by atoms with Crippen molar-refractivity contribution in [2.75, 3.05) is 88.0 Å². The van der Waals surface area contributed by atoms with E-state index in [-0.39, 0.29) is 24.9 Å². The molecule has 0 spiro atoms. The SMILES string of the molecule is CN(C)[C@@H]1CCN(c2nc(N[C@H]3CC[C@H](Nc4nc(N5CC[C@@H](N(C)C)C5)nc5c4ncn5[C@@H]4C[C@H](NC(=O)CO)[C@@H](O)[C@H]4O)CC3)c3ncn([C@@H]4C[C@H](NC(=O)CO)[C@@H](O)[C@H]4O)c3n2)C1.